The molecule has 1 aliphatic rings. The summed E-state index contributed by atoms with van der Waals surface area (Å²) in [4.78, 5) is 20.8. The maximum Gasteiger partial charge on any atom is 0.308 e. The van der Waals surface area contributed by atoms with Gasteiger partial charge in [0.05, 0.1) is 12.1 Å². The van der Waals surface area contributed by atoms with E-state index in [1.807, 2.05) is 19.1 Å². The summed E-state index contributed by atoms with van der Waals surface area (Å²) in [6, 6.07) is 3.72. The molecular formula is C13H15BrN2O3. The van der Waals surface area contributed by atoms with Crippen molar-refractivity contribution in [2.45, 2.75) is 38.9 Å². The summed E-state index contributed by atoms with van der Waals surface area (Å²) >= 11 is 3.32. The molecule has 2 rings (SSSR count). The Kier molecular flexibility index (Phi) is 4.90. The van der Waals surface area contributed by atoms with E-state index in [1.165, 1.54) is 0 Å². The Morgan fingerprint density at radius 3 is 3.11 bits per heavy atom. The van der Waals surface area contributed by atoms with E-state index in [4.69, 9.17) is 9.57 Å². The maximum atomic E-state index is 11.5. The Hall–Kier alpha value is -1.43. The minimum absolute atomic E-state index is 0.243. The largest absolute Gasteiger partial charge is 0.423 e. The van der Waals surface area contributed by atoms with Crippen LogP contribution in [-0.4, -0.2) is 23.0 Å². The second kappa shape index (κ2) is 6.65. The van der Waals surface area contributed by atoms with Gasteiger partial charge in [-0.15, -0.1) is 0 Å². The maximum absolute atomic E-state index is 11.5. The number of carbonyl (C=O) groups is 1. The van der Waals surface area contributed by atoms with Crippen molar-refractivity contribution < 1.29 is 14.4 Å². The molecule has 0 N–H and O–H groups in total. The van der Waals surface area contributed by atoms with Crippen molar-refractivity contribution in [3.8, 4) is 0 Å². The van der Waals surface area contributed by atoms with Gasteiger partial charge >= 0.3 is 5.97 Å². The molecule has 0 aliphatic carbocycles. The first-order valence-electron chi connectivity index (χ1n) is 6.23. The molecule has 2 heterocycles. The molecule has 0 unspecified atom stereocenters. The highest BCUT2D eigenvalue weighted by molar-refractivity contribution is 9.10. The summed E-state index contributed by atoms with van der Waals surface area (Å²) in [6.45, 7) is 2.03. The second-order valence-corrected chi connectivity index (χ2v) is 5.15. The standard InChI is InChI=1S/C13H15BrN2O3/c1-2-3-4-12(17)18-13-7-11(16-19-13)10-6-5-9(14)8-15-10/h5-6,8,13H,2-4,7H2,1H3/t13-/m0/s1. The summed E-state index contributed by atoms with van der Waals surface area (Å²) in [5.74, 6) is -0.243. The SMILES string of the molecule is CCCCC(=O)O[C@@H]1CC(c2ccc(Br)cn2)=NO1. The zero-order chi connectivity index (χ0) is 13.7. The molecular weight excluding hydrogens is 312 g/mol. The first kappa shape index (κ1) is 14.0. The van der Waals surface area contributed by atoms with Gasteiger partial charge < -0.3 is 9.57 Å². The molecule has 0 saturated heterocycles. The van der Waals surface area contributed by atoms with E-state index in [0.29, 0.717) is 18.6 Å². The van der Waals surface area contributed by atoms with Crippen molar-refractivity contribution in [3.05, 3.63) is 28.5 Å². The Morgan fingerprint density at radius 2 is 2.42 bits per heavy atom. The van der Waals surface area contributed by atoms with Gasteiger partial charge in [0.2, 0.25) is 0 Å². The van der Waals surface area contributed by atoms with E-state index in [2.05, 4.69) is 26.1 Å². The average Bonchev–Trinajstić information content (AvgIpc) is 2.85. The van der Waals surface area contributed by atoms with Gasteiger partial charge in [-0.25, -0.2) is 0 Å². The lowest BCUT2D eigenvalue weighted by molar-refractivity contribution is -0.173. The van der Waals surface area contributed by atoms with Crippen molar-refractivity contribution in [1.82, 2.24) is 4.98 Å². The molecule has 0 fully saturated rings. The number of esters is 1. The van der Waals surface area contributed by atoms with Crippen LogP contribution < -0.4 is 0 Å². The first-order valence-corrected chi connectivity index (χ1v) is 7.02. The summed E-state index contributed by atoms with van der Waals surface area (Å²) in [7, 11) is 0. The highest BCUT2D eigenvalue weighted by Crippen LogP contribution is 2.18. The fourth-order valence-electron chi connectivity index (χ4n) is 1.64. The van der Waals surface area contributed by atoms with Gasteiger partial charge in [-0.1, -0.05) is 18.5 Å². The molecule has 1 aliphatic heterocycles. The minimum Gasteiger partial charge on any atom is -0.423 e. The molecule has 5 nitrogen and oxygen atoms in total. The van der Waals surface area contributed by atoms with Crippen LogP contribution in [0, 0.1) is 0 Å². The number of carbonyl (C=O) groups excluding carboxylic acids is 1. The Bertz CT molecular complexity index is 473. The third-order valence-electron chi connectivity index (χ3n) is 2.66. The van der Waals surface area contributed by atoms with Crippen molar-refractivity contribution in [3.63, 3.8) is 0 Å². The Labute approximate surface area is 120 Å². The van der Waals surface area contributed by atoms with Crippen LogP contribution >= 0.6 is 15.9 Å². The summed E-state index contributed by atoms with van der Waals surface area (Å²) in [5, 5.41) is 3.91. The number of hydrogen-bond donors (Lipinski definition) is 0. The van der Waals surface area contributed by atoms with Crippen LogP contribution in [0.1, 0.15) is 38.3 Å². The summed E-state index contributed by atoms with van der Waals surface area (Å²) in [6.07, 6.45) is 3.72. The van der Waals surface area contributed by atoms with Gasteiger partial charge in [0.25, 0.3) is 6.29 Å². The molecule has 0 spiro atoms. The van der Waals surface area contributed by atoms with Gasteiger partial charge in [0, 0.05) is 17.1 Å². The molecule has 1 aromatic rings. The molecule has 102 valence electrons. The quantitative estimate of drug-likeness (QED) is 0.780. The van der Waals surface area contributed by atoms with E-state index in [0.717, 1.165) is 23.0 Å². The summed E-state index contributed by atoms with van der Waals surface area (Å²) < 4.78 is 6.08. The number of nitrogens with zero attached hydrogens (tertiary/aromatic N) is 2. The molecule has 0 aromatic carbocycles. The summed E-state index contributed by atoms with van der Waals surface area (Å²) in [5.41, 5.74) is 1.43. The third-order valence-corrected chi connectivity index (χ3v) is 3.13. The topological polar surface area (TPSA) is 60.8 Å². The van der Waals surface area contributed by atoms with E-state index in [9.17, 15) is 4.79 Å². The van der Waals surface area contributed by atoms with Crippen LogP contribution in [-0.2, 0) is 14.4 Å². The van der Waals surface area contributed by atoms with E-state index >= 15 is 0 Å². The second-order valence-electron chi connectivity index (χ2n) is 4.23. The number of hydrogen-bond acceptors (Lipinski definition) is 5. The van der Waals surface area contributed by atoms with Crippen LogP contribution in [0.15, 0.2) is 28.0 Å². The van der Waals surface area contributed by atoms with Gasteiger partial charge in [-0.2, -0.15) is 0 Å². The van der Waals surface area contributed by atoms with E-state index in [1.54, 1.807) is 6.20 Å². The Balaban J connectivity index is 1.85. The third kappa shape index (κ3) is 4.02. The zero-order valence-electron chi connectivity index (χ0n) is 10.6. The molecule has 0 bridgehead atoms. The first-order chi connectivity index (χ1) is 9.19. The number of oxime groups is 1. The van der Waals surface area contributed by atoms with Crippen LogP contribution in [0.5, 0.6) is 0 Å². The molecule has 0 saturated carbocycles. The van der Waals surface area contributed by atoms with Crippen LogP contribution in [0.25, 0.3) is 0 Å². The fourth-order valence-corrected chi connectivity index (χ4v) is 1.88. The normalized spacial score (nSPS) is 17.8. The number of ether oxygens (including phenoxy) is 1. The average molecular weight is 327 g/mol. The lowest BCUT2D eigenvalue weighted by Gasteiger charge is -2.09. The highest BCUT2D eigenvalue weighted by Gasteiger charge is 2.25. The zero-order valence-corrected chi connectivity index (χ0v) is 12.2. The number of halogens is 1. The molecule has 19 heavy (non-hydrogen) atoms. The number of unbranched alkanes of at least 4 members (excludes halogenated alkanes) is 1. The number of pyridine rings is 1. The van der Waals surface area contributed by atoms with Crippen molar-refractivity contribution >= 4 is 27.6 Å². The molecule has 6 heteroatoms. The van der Waals surface area contributed by atoms with Gasteiger partial charge in [0.15, 0.2) is 0 Å². The van der Waals surface area contributed by atoms with Crippen LogP contribution in [0.2, 0.25) is 0 Å². The van der Waals surface area contributed by atoms with E-state index in [-0.39, 0.29) is 5.97 Å². The van der Waals surface area contributed by atoms with Crippen LogP contribution in [0.4, 0.5) is 0 Å². The molecule has 0 radical (unpaired) electrons. The lowest BCUT2D eigenvalue weighted by atomic mass is 10.2. The Morgan fingerprint density at radius 1 is 1.58 bits per heavy atom. The van der Waals surface area contributed by atoms with Gasteiger partial charge in [-0.3, -0.25) is 9.78 Å². The van der Waals surface area contributed by atoms with Crippen LogP contribution in [0.3, 0.4) is 0 Å². The molecule has 1 atom stereocenters. The van der Waals surface area contributed by atoms with Crippen molar-refractivity contribution in [1.29, 1.82) is 0 Å². The monoisotopic (exact) mass is 326 g/mol. The molecule has 0 amide bonds. The highest BCUT2D eigenvalue weighted by atomic mass is 79.9. The predicted octanol–water partition coefficient (Wildman–Crippen LogP) is 3.03. The lowest BCUT2D eigenvalue weighted by Crippen LogP contribution is -2.18. The van der Waals surface area contributed by atoms with E-state index < -0.39 is 6.29 Å². The minimum atomic E-state index is -0.621. The number of aromatic nitrogens is 1. The molecule has 1 aromatic heterocycles. The fraction of sp³-hybridized carbons (Fsp3) is 0.462. The van der Waals surface area contributed by atoms with Gasteiger partial charge in [0.1, 0.15) is 5.71 Å². The van der Waals surface area contributed by atoms with Crippen molar-refractivity contribution in [2.75, 3.05) is 0 Å². The van der Waals surface area contributed by atoms with Crippen molar-refractivity contribution in [2.24, 2.45) is 5.16 Å². The number of rotatable bonds is 5. The predicted molar refractivity (Wildman–Crippen MR) is 73.6 cm³/mol. The van der Waals surface area contributed by atoms with Gasteiger partial charge in [-0.05, 0) is 34.5 Å². The smallest absolute Gasteiger partial charge is 0.308 e.